The Morgan fingerprint density at radius 1 is 1.12 bits per heavy atom. The summed E-state index contributed by atoms with van der Waals surface area (Å²) in [5.41, 5.74) is 0.112. The van der Waals surface area contributed by atoms with Gasteiger partial charge in [0.1, 0.15) is 0 Å². The van der Waals surface area contributed by atoms with Crippen molar-refractivity contribution < 1.29 is 14.7 Å². The number of ketones is 1. The van der Waals surface area contributed by atoms with Crippen molar-refractivity contribution in [3.63, 3.8) is 0 Å². The lowest BCUT2D eigenvalue weighted by atomic mass is 9.92. The van der Waals surface area contributed by atoms with E-state index in [4.69, 9.17) is 0 Å². The summed E-state index contributed by atoms with van der Waals surface area (Å²) in [5, 5.41) is 10.7. The van der Waals surface area contributed by atoms with E-state index in [1.165, 1.54) is 0 Å². The molecule has 0 saturated carbocycles. The Morgan fingerprint density at radius 3 is 2.56 bits per heavy atom. The molecule has 0 spiro atoms. The van der Waals surface area contributed by atoms with Gasteiger partial charge in [-0.3, -0.25) is 9.59 Å². The minimum atomic E-state index is -1.87. The molecule has 1 aliphatic heterocycles. The minimum Gasteiger partial charge on any atom is -0.373 e. The molecule has 1 saturated heterocycles. The average molecular weight is 402 g/mol. The van der Waals surface area contributed by atoms with Gasteiger partial charge in [-0.15, -0.1) is 0 Å². The van der Waals surface area contributed by atoms with Crippen molar-refractivity contribution in [3.05, 3.63) is 70.2 Å². The largest absolute Gasteiger partial charge is 0.373 e. The van der Waals surface area contributed by atoms with Crippen molar-refractivity contribution in [2.45, 2.75) is 31.4 Å². The molecule has 1 fully saturated rings. The van der Waals surface area contributed by atoms with Crippen molar-refractivity contribution in [3.8, 4) is 0 Å². The summed E-state index contributed by atoms with van der Waals surface area (Å²) in [6, 6.07) is 17.3. The Labute approximate surface area is 155 Å². The predicted octanol–water partition coefficient (Wildman–Crippen LogP) is 3.11. The van der Waals surface area contributed by atoms with Crippen LogP contribution in [0.1, 0.15) is 24.0 Å². The summed E-state index contributed by atoms with van der Waals surface area (Å²) >= 11 is 3.40. The topological polar surface area (TPSA) is 57.6 Å². The Hall–Kier alpha value is -1.98. The fourth-order valence-corrected chi connectivity index (χ4v) is 3.58. The molecule has 130 valence electrons. The smallest absolute Gasteiger partial charge is 0.262 e. The van der Waals surface area contributed by atoms with Gasteiger partial charge >= 0.3 is 0 Å². The van der Waals surface area contributed by atoms with E-state index >= 15 is 0 Å². The predicted molar refractivity (Wildman–Crippen MR) is 98.9 cm³/mol. The first-order chi connectivity index (χ1) is 12.0. The third kappa shape index (κ3) is 3.99. The third-order valence-corrected chi connectivity index (χ3v) is 5.09. The fraction of sp³-hybridized carbons (Fsp3) is 0.300. The molecule has 0 aliphatic carbocycles. The van der Waals surface area contributed by atoms with Crippen LogP contribution in [0.4, 0.5) is 0 Å². The van der Waals surface area contributed by atoms with E-state index in [9.17, 15) is 14.7 Å². The molecular weight excluding hydrogens is 382 g/mol. The normalized spacial score (nSPS) is 20.1. The number of nitrogens with zero attached hydrogens (tertiary/aromatic N) is 1. The van der Waals surface area contributed by atoms with Crippen molar-refractivity contribution in [1.82, 2.24) is 4.90 Å². The number of amides is 1. The van der Waals surface area contributed by atoms with Gasteiger partial charge in [-0.05, 0) is 29.7 Å². The van der Waals surface area contributed by atoms with E-state index in [-0.39, 0.29) is 12.8 Å². The highest BCUT2D eigenvalue weighted by Crippen LogP contribution is 2.27. The molecule has 0 bridgehead atoms. The second-order valence-electron chi connectivity index (χ2n) is 6.38. The standard InChI is InChI=1S/C20H20BrNO3/c21-17-8-4-7-15(13-17)9-10-18(23)20(25)11-12-22(19(20)24)14-16-5-2-1-3-6-16/h1-8,13,25H,9-12,14H2/t20-/m0/s1. The van der Waals surface area contributed by atoms with Crippen LogP contribution in [0.2, 0.25) is 0 Å². The quantitative estimate of drug-likeness (QED) is 0.756. The number of benzene rings is 2. The van der Waals surface area contributed by atoms with Gasteiger partial charge in [-0.2, -0.15) is 0 Å². The molecule has 0 unspecified atom stereocenters. The third-order valence-electron chi connectivity index (χ3n) is 4.59. The zero-order valence-electron chi connectivity index (χ0n) is 13.8. The molecule has 1 N–H and O–H groups in total. The van der Waals surface area contributed by atoms with Crippen LogP contribution in [0, 0.1) is 0 Å². The highest BCUT2D eigenvalue weighted by Gasteiger charge is 2.50. The fourth-order valence-electron chi connectivity index (χ4n) is 3.14. The van der Waals surface area contributed by atoms with Gasteiger partial charge in [0, 0.05) is 30.4 Å². The number of Topliss-reactive ketones (excluding diaryl/α,β-unsaturated/α-hetero) is 1. The molecule has 1 aliphatic rings. The molecule has 1 atom stereocenters. The number of aliphatic hydroxyl groups is 1. The molecule has 0 aromatic heterocycles. The SMILES string of the molecule is O=C(CCc1cccc(Br)c1)[C@@]1(O)CCN(Cc2ccccc2)C1=O. The lowest BCUT2D eigenvalue weighted by molar-refractivity contribution is -0.153. The molecular formula is C20H20BrNO3. The van der Waals surface area contributed by atoms with Crippen LogP contribution in [0.25, 0.3) is 0 Å². The summed E-state index contributed by atoms with van der Waals surface area (Å²) in [5.74, 6) is -0.872. The first kappa shape index (κ1) is 17.8. The van der Waals surface area contributed by atoms with E-state index in [0.29, 0.717) is 19.5 Å². The molecule has 5 heteroatoms. The Kier molecular flexibility index (Phi) is 5.35. The lowest BCUT2D eigenvalue weighted by Gasteiger charge is -2.21. The van der Waals surface area contributed by atoms with Crippen LogP contribution >= 0.6 is 15.9 Å². The summed E-state index contributed by atoms with van der Waals surface area (Å²) in [6.45, 7) is 0.813. The number of rotatable bonds is 6. The van der Waals surface area contributed by atoms with E-state index in [0.717, 1.165) is 15.6 Å². The highest BCUT2D eigenvalue weighted by molar-refractivity contribution is 9.10. The number of likely N-dealkylation sites (tertiary alicyclic amines) is 1. The van der Waals surface area contributed by atoms with Gasteiger partial charge in [-0.25, -0.2) is 0 Å². The number of carbonyl (C=O) groups excluding carboxylic acids is 2. The van der Waals surface area contributed by atoms with Crippen molar-refractivity contribution in [2.24, 2.45) is 0 Å². The summed E-state index contributed by atoms with van der Waals surface area (Å²) in [7, 11) is 0. The zero-order valence-corrected chi connectivity index (χ0v) is 15.4. The Bertz CT molecular complexity index is 778. The van der Waals surface area contributed by atoms with E-state index in [2.05, 4.69) is 15.9 Å². The second-order valence-corrected chi connectivity index (χ2v) is 7.29. The highest BCUT2D eigenvalue weighted by atomic mass is 79.9. The van der Waals surface area contributed by atoms with Crippen LogP contribution in [0.3, 0.4) is 0 Å². The first-order valence-electron chi connectivity index (χ1n) is 8.32. The molecule has 2 aromatic rings. The first-order valence-corrected chi connectivity index (χ1v) is 9.12. The number of hydrogen-bond acceptors (Lipinski definition) is 3. The Morgan fingerprint density at radius 2 is 1.84 bits per heavy atom. The monoisotopic (exact) mass is 401 g/mol. The van der Waals surface area contributed by atoms with Gasteiger partial charge in [0.05, 0.1) is 0 Å². The number of aryl methyl sites for hydroxylation is 1. The van der Waals surface area contributed by atoms with Gasteiger partial charge in [0.2, 0.25) is 5.60 Å². The minimum absolute atomic E-state index is 0.151. The van der Waals surface area contributed by atoms with Gasteiger partial charge in [0.15, 0.2) is 5.78 Å². The maximum atomic E-state index is 12.6. The summed E-state index contributed by atoms with van der Waals surface area (Å²) in [4.78, 5) is 26.7. The Balaban J connectivity index is 1.63. The van der Waals surface area contributed by atoms with E-state index in [1.54, 1.807) is 4.90 Å². The summed E-state index contributed by atoms with van der Waals surface area (Å²) < 4.78 is 0.946. The van der Waals surface area contributed by atoms with Crippen molar-refractivity contribution in [1.29, 1.82) is 0 Å². The molecule has 25 heavy (non-hydrogen) atoms. The second kappa shape index (κ2) is 7.50. The van der Waals surface area contributed by atoms with E-state index in [1.807, 2.05) is 54.6 Å². The molecule has 3 rings (SSSR count). The van der Waals surface area contributed by atoms with Crippen LogP contribution in [-0.4, -0.2) is 33.8 Å². The van der Waals surface area contributed by atoms with E-state index < -0.39 is 17.3 Å². The number of hydrogen-bond donors (Lipinski definition) is 1. The lowest BCUT2D eigenvalue weighted by Crippen LogP contribution is -2.46. The van der Waals surface area contributed by atoms with Gasteiger partial charge in [0.25, 0.3) is 5.91 Å². The van der Waals surface area contributed by atoms with Crippen LogP contribution in [-0.2, 0) is 22.6 Å². The maximum Gasteiger partial charge on any atom is 0.262 e. The molecule has 1 amide bonds. The van der Waals surface area contributed by atoms with Crippen LogP contribution in [0.15, 0.2) is 59.1 Å². The molecule has 1 heterocycles. The van der Waals surface area contributed by atoms with Crippen LogP contribution in [0.5, 0.6) is 0 Å². The summed E-state index contributed by atoms with van der Waals surface area (Å²) in [6.07, 6.45) is 0.820. The van der Waals surface area contributed by atoms with Gasteiger partial charge < -0.3 is 10.0 Å². The maximum absolute atomic E-state index is 12.6. The van der Waals surface area contributed by atoms with Gasteiger partial charge in [-0.1, -0.05) is 58.4 Å². The molecule has 0 radical (unpaired) electrons. The zero-order chi connectivity index (χ0) is 17.9. The van der Waals surface area contributed by atoms with Crippen molar-refractivity contribution >= 4 is 27.6 Å². The average Bonchev–Trinajstić information content (AvgIpc) is 2.90. The molecule has 4 nitrogen and oxygen atoms in total. The van der Waals surface area contributed by atoms with Crippen molar-refractivity contribution in [2.75, 3.05) is 6.54 Å². The number of halogens is 1. The number of carbonyl (C=O) groups is 2. The van der Waals surface area contributed by atoms with Crippen LogP contribution < -0.4 is 0 Å². The molecule has 2 aromatic carbocycles.